The number of aliphatic hydroxyl groups excluding tert-OH is 1. The van der Waals surface area contributed by atoms with Gasteiger partial charge in [-0.25, -0.2) is 0 Å². The van der Waals surface area contributed by atoms with Gasteiger partial charge in [0.1, 0.15) is 36.6 Å². The predicted octanol–water partition coefficient (Wildman–Crippen LogP) is 5.53. The molecule has 16 fully saturated rings. The molecule has 12 bridgehead atoms. The topological polar surface area (TPSA) is 202 Å². The van der Waals surface area contributed by atoms with Crippen LogP contribution in [-0.4, -0.2) is 181 Å². The van der Waals surface area contributed by atoms with Crippen molar-refractivity contribution in [2.24, 2.45) is 29.4 Å². The van der Waals surface area contributed by atoms with Gasteiger partial charge in [0, 0.05) is 63.7 Å². The van der Waals surface area contributed by atoms with E-state index in [0.29, 0.717) is 77.2 Å². The molecule has 16 aliphatic rings. The fraction of sp³-hybridized carbons (Fsp3) is 0.915. The lowest BCUT2D eigenvalue weighted by Gasteiger charge is -2.54. The molecule has 0 aliphatic carbocycles. The smallest absolute Gasteiger partial charge is 0.308 e. The Kier molecular flexibility index (Phi) is 13.2. The largest absolute Gasteiger partial charge is 0.459 e. The van der Waals surface area contributed by atoms with E-state index in [1.165, 1.54) is 0 Å². The van der Waals surface area contributed by atoms with Crippen molar-refractivity contribution < 1.29 is 81.0 Å². The maximum absolute atomic E-state index is 14.6. The first-order chi connectivity index (χ1) is 37.1. The molecule has 0 unspecified atom stereocenters. The van der Waals surface area contributed by atoms with Crippen molar-refractivity contribution in [1.29, 1.82) is 0 Å². The minimum Gasteiger partial charge on any atom is -0.459 e. The average Bonchev–Trinajstić information content (AvgIpc) is 4.35. The summed E-state index contributed by atoms with van der Waals surface area (Å²) in [6.45, 7) is 18.4. The third-order valence-electron chi connectivity index (χ3n) is 21.7. The molecule has 31 atom stereocenters. The van der Waals surface area contributed by atoms with Gasteiger partial charge in [-0.1, -0.05) is 40.9 Å². The molecule has 0 amide bonds. The molecule has 0 aromatic heterocycles. The molecule has 0 radical (unpaired) electrons. The molecule has 18 heteroatoms. The van der Waals surface area contributed by atoms with Crippen LogP contribution in [0.1, 0.15) is 143 Å². The quantitative estimate of drug-likeness (QED) is 0.258. The van der Waals surface area contributed by atoms with E-state index in [0.717, 1.165) is 49.7 Å². The summed E-state index contributed by atoms with van der Waals surface area (Å²) in [6, 6.07) is 0. The molecular formula is C59H85NO17. The maximum Gasteiger partial charge on any atom is 0.308 e. The van der Waals surface area contributed by atoms with Gasteiger partial charge in [0.15, 0.2) is 17.4 Å². The van der Waals surface area contributed by atoms with Crippen molar-refractivity contribution >= 4 is 5.97 Å². The number of carbonyl (C=O) groups is 1. The van der Waals surface area contributed by atoms with E-state index >= 15 is 0 Å². The number of hydrogen-bond acceptors (Lipinski definition) is 18. The van der Waals surface area contributed by atoms with E-state index in [9.17, 15) is 9.90 Å². The Balaban J connectivity index is 0.664. The molecule has 16 aliphatic heterocycles. The first-order valence-electron chi connectivity index (χ1n) is 30.3. The number of rotatable bonds is 2. The summed E-state index contributed by atoms with van der Waals surface area (Å²) in [5.74, 6) is -2.55. The Morgan fingerprint density at radius 3 is 2.04 bits per heavy atom. The Bertz CT molecular complexity index is 2290. The van der Waals surface area contributed by atoms with Crippen molar-refractivity contribution in [2.45, 2.75) is 307 Å². The Morgan fingerprint density at radius 1 is 0.506 bits per heavy atom. The monoisotopic (exact) mass is 1080 g/mol. The van der Waals surface area contributed by atoms with Crippen LogP contribution in [0.15, 0.2) is 24.3 Å². The van der Waals surface area contributed by atoms with Crippen LogP contribution in [0.2, 0.25) is 0 Å². The van der Waals surface area contributed by atoms with Crippen LogP contribution in [0.4, 0.5) is 0 Å². The fourth-order valence-electron chi connectivity index (χ4n) is 18.0. The lowest BCUT2D eigenvalue weighted by Crippen LogP contribution is -2.62. The lowest BCUT2D eigenvalue weighted by molar-refractivity contribution is -0.371. The van der Waals surface area contributed by atoms with Crippen LogP contribution in [0.25, 0.3) is 0 Å². The Morgan fingerprint density at radius 2 is 1.18 bits per heavy atom. The molecule has 16 rings (SSSR count). The van der Waals surface area contributed by atoms with E-state index in [2.05, 4.69) is 40.9 Å². The average molecular weight is 1080 g/mol. The van der Waals surface area contributed by atoms with Crippen LogP contribution in [0.5, 0.6) is 0 Å². The van der Waals surface area contributed by atoms with E-state index in [4.69, 9.17) is 76.8 Å². The highest BCUT2D eigenvalue weighted by molar-refractivity contribution is 5.70. The van der Waals surface area contributed by atoms with E-state index in [1.54, 1.807) is 0 Å². The van der Waals surface area contributed by atoms with Gasteiger partial charge in [-0.3, -0.25) is 4.79 Å². The molecule has 18 nitrogen and oxygen atoms in total. The SMILES string of the molecule is C=C1C[C@@H]2CC[C@@]34C[C@@H]5O[C@@H]6[C@@H](O[C@H]7CC[C@H](CC(=O)O[C@@H]8[C@@H](C)[C@@H]9O[C@@H]%10C[C@]%11(C[C@@H]%12O[C@]%13(C[C@H](C)[C@@H]%14O[C@H](CCN)[C@H](O)C[C@@H]%14O%13)C[C@H](C)[C@@H]%12O%11)O[C@@H]%10C[C@@H]9O[C@H]8C[C@H]8O[C@@H](CC[C@@H]1O2)C[C@@H](C)C8=C)O[C@@H]7[C@@H]6O3)[C@H]5O4. The second-order valence-electron chi connectivity index (χ2n) is 27.0. The number of ether oxygens (including phenoxy) is 15. The predicted molar refractivity (Wildman–Crippen MR) is 270 cm³/mol. The van der Waals surface area contributed by atoms with Gasteiger partial charge in [0.2, 0.25) is 0 Å². The number of esters is 1. The number of carbonyl (C=O) groups excluding carboxylic acids is 1. The van der Waals surface area contributed by atoms with Crippen LogP contribution in [-0.2, 0) is 75.8 Å². The minimum atomic E-state index is -0.896. The number of hydrogen-bond donors (Lipinski definition) is 2. The van der Waals surface area contributed by atoms with Gasteiger partial charge in [-0.05, 0) is 86.8 Å². The van der Waals surface area contributed by atoms with Crippen molar-refractivity contribution in [1.82, 2.24) is 0 Å². The standard InChI is InChI=1S/C59H85NO17/c1-26-15-32-7-9-36-27(2)16-34(63-36)11-13-57-24-45-53(76-57)54-55(70-45)56(77-57)52-38(68-54)10-8-33(65-52)17-47(62)71-51-31(6)50-42(66-41(51)19-39(64-32)30(26)5)20-40-44(69-50)23-59(72-40)25-46-49(75-59)29(4)22-58(74-46)21-28(3)48-43(73-58)18-35(61)37(67-48)12-14-60/h26,28-29,31-46,48-56,61H,2,5,7-25,60H2,1,3-4,6H3/t26-,28+,29+,31+,32+,33-,34+,35-,36+,37-,38+,39-,40-,41+,42+,43+,44-,45+,46+,48+,49+,50+,51-,52+,53+,54+,55-,56+,57+,58-,59+/m1/s1. The van der Waals surface area contributed by atoms with Gasteiger partial charge < -0.3 is 81.9 Å². The number of fused-ring (bicyclic) bond motifs is 10. The number of aliphatic hydroxyl groups is 1. The molecule has 0 saturated carbocycles. The zero-order valence-electron chi connectivity index (χ0n) is 45.6. The highest BCUT2D eigenvalue weighted by Crippen LogP contribution is 2.58. The van der Waals surface area contributed by atoms with E-state index < -0.39 is 47.9 Å². The van der Waals surface area contributed by atoms with Crippen LogP contribution >= 0.6 is 0 Å². The summed E-state index contributed by atoms with van der Waals surface area (Å²) in [5.41, 5.74) is 8.04. The zero-order valence-corrected chi connectivity index (χ0v) is 45.6. The fourth-order valence-corrected chi connectivity index (χ4v) is 18.0. The third-order valence-corrected chi connectivity index (χ3v) is 21.7. The first kappa shape index (κ1) is 52.1. The van der Waals surface area contributed by atoms with Crippen molar-refractivity contribution in [2.75, 3.05) is 6.54 Å². The molecule has 77 heavy (non-hydrogen) atoms. The molecular weight excluding hydrogens is 995 g/mol. The number of nitrogens with two attached hydrogens (primary N) is 1. The van der Waals surface area contributed by atoms with E-state index in [1.807, 2.05) is 0 Å². The normalized spacial score (nSPS) is 58.6. The van der Waals surface area contributed by atoms with Crippen LogP contribution < -0.4 is 5.73 Å². The van der Waals surface area contributed by atoms with Crippen LogP contribution in [0.3, 0.4) is 0 Å². The molecule has 0 aromatic rings. The van der Waals surface area contributed by atoms with Crippen molar-refractivity contribution in [3.05, 3.63) is 24.3 Å². The molecule has 16 heterocycles. The van der Waals surface area contributed by atoms with Crippen molar-refractivity contribution in [3.63, 3.8) is 0 Å². The molecule has 428 valence electrons. The molecule has 0 aromatic carbocycles. The van der Waals surface area contributed by atoms with Gasteiger partial charge in [0.05, 0.1) is 116 Å². The molecule has 3 N–H and O–H groups in total. The highest BCUT2D eigenvalue weighted by atomic mass is 16.8. The van der Waals surface area contributed by atoms with Gasteiger partial charge in [0.25, 0.3) is 0 Å². The lowest BCUT2D eigenvalue weighted by atomic mass is 9.78. The second kappa shape index (κ2) is 19.4. The van der Waals surface area contributed by atoms with Gasteiger partial charge >= 0.3 is 5.97 Å². The summed E-state index contributed by atoms with van der Waals surface area (Å²) in [7, 11) is 0. The summed E-state index contributed by atoms with van der Waals surface area (Å²) < 4.78 is 104. The summed E-state index contributed by atoms with van der Waals surface area (Å²) >= 11 is 0. The summed E-state index contributed by atoms with van der Waals surface area (Å²) in [5, 5.41) is 11.0. The molecule has 16 saturated heterocycles. The van der Waals surface area contributed by atoms with Gasteiger partial charge in [-0.2, -0.15) is 0 Å². The van der Waals surface area contributed by atoms with E-state index in [-0.39, 0.29) is 152 Å². The van der Waals surface area contributed by atoms with Crippen LogP contribution in [0, 0.1) is 23.7 Å². The third kappa shape index (κ3) is 8.95. The van der Waals surface area contributed by atoms with Crippen molar-refractivity contribution in [3.8, 4) is 0 Å². The molecule has 3 spiro atoms. The second-order valence-corrected chi connectivity index (χ2v) is 27.0. The summed E-state index contributed by atoms with van der Waals surface area (Å²) in [4.78, 5) is 14.6. The maximum atomic E-state index is 14.6. The Hall–Kier alpha value is -1.69. The first-order valence-corrected chi connectivity index (χ1v) is 30.3. The zero-order chi connectivity index (χ0) is 52.4. The minimum absolute atomic E-state index is 0.00844. The highest BCUT2D eigenvalue weighted by Gasteiger charge is 2.70. The van der Waals surface area contributed by atoms with Gasteiger partial charge in [-0.15, -0.1) is 0 Å². The Labute approximate surface area is 452 Å². The summed E-state index contributed by atoms with van der Waals surface area (Å²) in [6.07, 6.45) is 4.94.